The second-order valence-electron chi connectivity index (χ2n) is 4.13. The standard InChI is InChI=1S/C11H15NO2S/c1-8(13)9-7-15-10(12-9)11(2)5-3-4-6-14-11/h7H,3-6H2,1-2H3. The maximum atomic E-state index is 11.1. The van der Waals surface area contributed by atoms with Crippen LogP contribution >= 0.6 is 11.3 Å². The molecule has 1 aliphatic rings. The van der Waals surface area contributed by atoms with E-state index in [0.29, 0.717) is 5.69 Å². The second kappa shape index (κ2) is 4.02. The van der Waals surface area contributed by atoms with E-state index in [1.54, 1.807) is 6.92 Å². The molecule has 4 heteroatoms. The van der Waals surface area contributed by atoms with Gasteiger partial charge in [-0.25, -0.2) is 4.98 Å². The zero-order valence-corrected chi connectivity index (χ0v) is 9.89. The SMILES string of the molecule is CC(=O)c1csc(C2(C)CCCCO2)n1. The molecule has 0 bridgehead atoms. The molecule has 0 spiro atoms. The first-order valence-corrected chi connectivity index (χ1v) is 6.11. The highest BCUT2D eigenvalue weighted by Gasteiger charge is 2.33. The van der Waals surface area contributed by atoms with Crippen LogP contribution in [0.1, 0.15) is 48.6 Å². The van der Waals surface area contributed by atoms with Crippen molar-refractivity contribution in [3.8, 4) is 0 Å². The summed E-state index contributed by atoms with van der Waals surface area (Å²) in [7, 11) is 0. The van der Waals surface area contributed by atoms with Gasteiger partial charge < -0.3 is 4.74 Å². The predicted molar refractivity (Wildman–Crippen MR) is 59.3 cm³/mol. The molecule has 2 rings (SSSR count). The summed E-state index contributed by atoms with van der Waals surface area (Å²) in [6, 6.07) is 0. The Balaban J connectivity index is 2.23. The molecule has 1 saturated heterocycles. The van der Waals surface area contributed by atoms with Crippen molar-refractivity contribution >= 4 is 17.1 Å². The molecule has 0 amide bonds. The molecular formula is C11H15NO2S. The topological polar surface area (TPSA) is 39.2 Å². The van der Waals surface area contributed by atoms with Gasteiger partial charge >= 0.3 is 0 Å². The Morgan fingerprint density at radius 2 is 2.40 bits per heavy atom. The Morgan fingerprint density at radius 3 is 2.93 bits per heavy atom. The van der Waals surface area contributed by atoms with E-state index in [1.165, 1.54) is 17.8 Å². The fraction of sp³-hybridized carbons (Fsp3) is 0.636. The highest BCUT2D eigenvalue weighted by Crippen LogP contribution is 2.36. The largest absolute Gasteiger partial charge is 0.368 e. The fourth-order valence-electron chi connectivity index (χ4n) is 1.78. The van der Waals surface area contributed by atoms with Gasteiger partial charge in [0.1, 0.15) is 16.3 Å². The van der Waals surface area contributed by atoms with Crippen LogP contribution in [0.5, 0.6) is 0 Å². The summed E-state index contributed by atoms with van der Waals surface area (Å²) < 4.78 is 5.78. The summed E-state index contributed by atoms with van der Waals surface area (Å²) in [5.74, 6) is 0.0249. The molecule has 1 atom stereocenters. The second-order valence-corrected chi connectivity index (χ2v) is 4.99. The van der Waals surface area contributed by atoms with Crippen molar-refractivity contribution in [2.75, 3.05) is 6.61 Å². The normalized spacial score (nSPS) is 26.5. The Labute approximate surface area is 93.5 Å². The van der Waals surface area contributed by atoms with Crippen LogP contribution in [0.2, 0.25) is 0 Å². The molecule has 3 nitrogen and oxygen atoms in total. The zero-order valence-electron chi connectivity index (χ0n) is 9.08. The van der Waals surface area contributed by atoms with Crippen LogP contribution in [0.4, 0.5) is 0 Å². The van der Waals surface area contributed by atoms with Gasteiger partial charge in [0.2, 0.25) is 0 Å². The molecule has 2 heterocycles. The summed E-state index contributed by atoms with van der Waals surface area (Å²) in [6.07, 6.45) is 3.30. The van der Waals surface area contributed by atoms with Crippen molar-refractivity contribution in [1.82, 2.24) is 4.98 Å². The smallest absolute Gasteiger partial charge is 0.178 e. The third kappa shape index (κ3) is 2.11. The van der Waals surface area contributed by atoms with Gasteiger partial charge in [0.15, 0.2) is 5.78 Å². The fourth-order valence-corrected chi connectivity index (χ4v) is 2.78. The number of ether oxygens (including phenoxy) is 1. The van der Waals surface area contributed by atoms with Crippen LogP contribution in [0.25, 0.3) is 0 Å². The molecule has 1 aromatic heterocycles. The number of Topliss-reactive ketones (excluding diaryl/α,β-unsaturated/α-hetero) is 1. The Morgan fingerprint density at radius 1 is 1.60 bits per heavy atom. The monoisotopic (exact) mass is 225 g/mol. The lowest BCUT2D eigenvalue weighted by Crippen LogP contribution is -2.30. The van der Waals surface area contributed by atoms with Gasteiger partial charge in [-0.3, -0.25) is 4.79 Å². The minimum absolute atomic E-state index is 0.0249. The van der Waals surface area contributed by atoms with E-state index in [4.69, 9.17) is 4.74 Å². The number of nitrogens with zero attached hydrogens (tertiary/aromatic N) is 1. The minimum Gasteiger partial charge on any atom is -0.368 e. The van der Waals surface area contributed by atoms with Crippen molar-refractivity contribution in [2.45, 2.75) is 38.7 Å². The minimum atomic E-state index is -0.267. The molecule has 0 N–H and O–H groups in total. The van der Waals surface area contributed by atoms with Crippen molar-refractivity contribution in [3.63, 3.8) is 0 Å². The van der Waals surface area contributed by atoms with Gasteiger partial charge in [-0.1, -0.05) is 0 Å². The van der Waals surface area contributed by atoms with E-state index in [0.717, 1.165) is 24.5 Å². The van der Waals surface area contributed by atoms with E-state index in [9.17, 15) is 4.79 Å². The lowest BCUT2D eigenvalue weighted by Gasteiger charge is -2.31. The van der Waals surface area contributed by atoms with Crippen LogP contribution < -0.4 is 0 Å². The molecule has 15 heavy (non-hydrogen) atoms. The van der Waals surface area contributed by atoms with Gasteiger partial charge in [0, 0.05) is 18.9 Å². The average Bonchev–Trinajstić information content (AvgIpc) is 2.68. The molecule has 0 radical (unpaired) electrons. The summed E-state index contributed by atoms with van der Waals surface area (Å²) >= 11 is 1.53. The third-order valence-corrected chi connectivity index (χ3v) is 3.87. The Hall–Kier alpha value is -0.740. The van der Waals surface area contributed by atoms with E-state index < -0.39 is 0 Å². The van der Waals surface area contributed by atoms with Gasteiger partial charge in [-0.15, -0.1) is 11.3 Å². The number of carbonyl (C=O) groups is 1. The maximum absolute atomic E-state index is 11.1. The zero-order chi connectivity index (χ0) is 10.9. The lowest BCUT2D eigenvalue weighted by atomic mass is 9.97. The molecule has 1 aromatic rings. The molecule has 1 fully saturated rings. The lowest BCUT2D eigenvalue weighted by molar-refractivity contribution is -0.0702. The number of hydrogen-bond donors (Lipinski definition) is 0. The third-order valence-electron chi connectivity index (χ3n) is 2.79. The van der Waals surface area contributed by atoms with E-state index >= 15 is 0 Å². The van der Waals surface area contributed by atoms with Crippen LogP contribution in [0.15, 0.2) is 5.38 Å². The quantitative estimate of drug-likeness (QED) is 0.726. The van der Waals surface area contributed by atoms with Crippen molar-refractivity contribution < 1.29 is 9.53 Å². The maximum Gasteiger partial charge on any atom is 0.178 e. The van der Waals surface area contributed by atoms with Gasteiger partial charge in [0.25, 0.3) is 0 Å². The molecule has 1 aliphatic heterocycles. The Kier molecular flexibility index (Phi) is 2.89. The molecular weight excluding hydrogens is 210 g/mol. The highest BCUT2D eigenvalue weighted by molar-refractivity contribution is 7.10. The number of ketones is 1. The summed E-state index contributed by atoms with van der Waals surface area (Å²) in [4.78, 5) is 15.5. The summed E-state index contributed by atoms with van der Waals surface area (Å²) in [5.41, 5.74) is 0.293. The van der Waals surface area contributed by atoms with Gasteiger partial charge in [-0.05, 0) is 26.2 Å². The van der Waals surface area contributed by atoms with E-state index in [1.807, 2.05) is 5.38 Å². The molecule has 0 aromatic carbocycles. The van der Waals surface area contributed by atoms with Crippen molar-refractivity contribution in [2.24, 2.45) is 0 Å². The number of hydrogen-bond acceptors (Lipinski definition) is 4. The molecule has 1 unspecified atom stereocenters. The van der Waals surface area contributed by atoms with Gasteiger partial charge in [0.05, 0.1) is 0 Å². The molecule has 82 valence electrons. The Bertz CT molecular complexity index is 366. The van der Waals surface area contributed by atoms with Crippen LogP contribution in [0.3, 0.4) is 0 Å². The van der Waals surface area contributed by atoms with Crippen LogP contribution in [0, 0.1) is 0 Å². The van der Waals surface area contributed by atoms with Crippen LogP contribution in [-0.4, -0.2) is 17.4 Å². The van der Waals surface area contributed by atoms with Crippen molar-refractivity contribution in [3.05, 3.63) is 16.1 Å². The summed E-state index contributed by atoms with van der Waals surface area (Å²) in [6.45, 7) is 4.41. The number of carbonyl (C=O) groups excluding carboxylic acids is 1. The highest BCUT2D eigenvalue weighted by atomic mass is 32.1. The average molecular weight is 225 g/mol. The number of aromatic nitrogens is 1. The van der Waals surface area contributed by atoms with Gasteiger partial charge in [-0.2, -0.15) is 0 Å². The first-order chi connectivity index (χ1) is 7.12. The summed E-state index contributed by atoms with van der Waals surface area (Å²) in [5, 5.41) is 2.76. The van der Waals surface area contributed by atoms with Crippen molar-refractivity contribution in [1.29, 1.82) is 0 Å². The number of rotatable bonds is 2. The van der Waals surface area contributed by atoms with Crippen LogP contribution in [-0.2, 0) is 10.3 Å². The molecule has 0 aliphatic carbocycles. The molecule has 0 saturated carbocycles. The predicted octanol–water partition coefficient (Wildman–Crippen LogP) is 2.76. The number of thiazole rings is 1. The first-order valence-electron chi connectivity index (χ1n) is 5.23. The first kappa shape index (κ1) is 10.8. The van der Waals surface area contributed by atoms with E-state index in [-0.39, 0.29) is 11.4 Å². The van der Waals surface area contributed by atoms with E-state index in [2.05, 4.69) is 11.9 Å².